The van der Waals surface area contributed by atoms with E-state index in [9.17, 15) is 12.8 Å². The van der Waals surface area contributed by atoms with E-state index in [1.165, 1.54) is 6.20 Å². The fourth-order valence-corrected chi connectivity index (χ4v) is 3.14. The van der Waals surface area contributed by atoms with Crippen LogP contribution in [0.15, 0.2) is 29.6 Å². The number of halogens is 1. The summed E-state index contributed by atoms with van der Waals surface area (Å²) in [4.78, 5) is 7.66. The molecular weight excluding hydrogens is 303 g/mol. The molecule has 2 heterocycles. The first-order valence-corrected chi connectivity index (χ1v) is 7.59. The zero-order valence-corrected chi connectivity index (χ0v) is 11.6. The summed E-state index contributed by atoms with van der Waals surface area (Å²) in [5, 5.41) is 0.135. The number of aromatic nitrogens is 2. The van der Waals surface area contributed by atoms with Crippen LogP contribution in [0, 0.1) is 17.7 Å². The van der Waals surface area contributed by atoms with Crippen molar-refractivity contribution in [1.29, 1.82) is 0 Å². The summed E-state index contributed by atoms with van der Waals surface area (Å²) >= 11 is 1.05. The van der Waals surface area contributed by atoms with Crippen molar-refractivity contribution in [1.82, 2.24) is 9.97 Å². The number of nitrogens with one attached hydrogen (secondary N) is 1. The number of thiazole rings is 1. The number of nitrogens with zero attached hydrogens (tertiary/aromatic N) is 2. The first-order chi connectivity index (χ1) is 9.51. The molecule has 104 valence electrons. The number of hydrogen-bond acceptors (Lipinski definition) is 6. The van der Waals surface area contributed by atoms with Gasteiger partial charge in [0.15, 0.2) is 5.13 Å². The first kappa shape index (κ1) is 14.4. The molecule has 0 aliphatic carbocycles. The molecule has 0 radical (unpaired) electrons. The quantitative estimate of drug-likeness (QED) is 0.817. The van der Waals surface area contributed by atoms with Crippen molar-refractivity contribution in [2.45, 2.75) is 4.90 Å². The third-order valence-electron chi connectivity index (χ3n) is 2.03. The maximum atomic E-state index is 13.0. The molecule has 0 aliphatic heterocycles. The van der Waals surface area contributed by atoms with E-state index in [1.54, 1.807) is 0 Å². The Balaban J connectivity index is 2.22. The van der Waals surface area contributed by atoms with E-state index in [-0.39, 0.29) is 16.6 Å². The van der Waals surface area contributed by atoms with E-state index in [4.69, 9.17) is 5.73 Å². The van der Waals surface area contributed by atoms with Gasteiger partial charge in [-0.15, -0.1) is 0 Å². The van der Waals surface area contributed by atoms with Crippen LogP contribution in [0.2, 0.25) is 0 Å². The molecule has 0 unspecified atom stereocenters. The van der Waals surface area contributed by atoms with Crippen LogP contribution in [0.1, 0.15) is 4.88 Å². The Hall–Kier alpha value is -2.02. The fraction of sp³-hybridized carbons (Fsp3) is 0.0909. The summed E-state index contributed by atoms with van der Waals surface area (Å²) in [6.45, 7) is 0.202. The van der Waals surface area contributed by atoms with E-state index >= 15 is 0 Å². The zero-order chi connectivity index (χ0) is 14.6. The van der Waals surface area contributed by atoms with Crippen LogP contribution < -0.4 is 10.5 Å². The van der Waals surface area contributed by atoms with Gasteiger partial charge in [0.05, 0.1) is 23.8 Å². The molecule has 0 aliphatic rings. The van der Waals surface area contributed by atoms with Crippen LogP contribution in [0.25, 0.3) is 0 Å². The molecule has 2 aromatic heterocycles. The maximum Gasteiger partial charge on any atom is 0.265 e. The summed E-state index contributed by atoms with van der Waals surface area (Å²) < 4.78 is 39.2. The molecular formula is C11H9FN4O2S2. The highest BCUT2D eigenvalue weighted by Crippen LogP contribution is 2.21. The zero-order valence-electron chi connectivity index (χ0n) is 10.00. The van der Waals surface area contributed by atoms with Crippen LogP contribution in [-0.2, 0) is 10.0 Å². The van der Waals surface area contributed by atoms with E-state index in [1.807, 2.05) is 0 Å². The number of sulfonamides is 1. The van der Waals surface area contributed by atoms with Crippen molar-refractivity contribution in [2.24, 2.45) is 5.73 Å². The van der Waals surface area contributed by atoms with Gasteiger partial charge in [-0.3, -0.25) is 9.71 Å². The number of anilines is 1. The lowest BCUT2D eigenvalue weighted by Gasteiger charge is -2.03. The smallest absolute Gasteiger partial charge is 0.265 e. The topological polar surface area (TPSA) is 98.0 Å². The van der Waals surface area contributed by atoms with Crippen LogP contribution in [0.5, 0.6) is 0 Å². The van der Waals surface area contributed by atoms with Crippen molar-refractivity contribution >= 4 is 26.5 Å². The van der Waals surface area contributed by atoms with Gasteiger partial charge in [-0.05, 0) is 6.07 Å². The van der Waals surface area contributed by atoms with Crippen LogP contribution in [-0.4, -0.2) is 24.9 Å². The minimum Gasteiger partial charge on any atom is -0.320 e. The second-order valence-electron chi connectivity index (χ2n) is 3.48. The predicted molar refractivity (Wildman–Crippen MR) is 73.0 cm³/mol. The van der Waals surface area contributed by atoms with Gasteiger partial charge in [-0.1, -0.05) is 23.2 Å². The first-order valence-electron chi connectivity index (χ1n) is 5.29. The summed E-state index contributed by atoms with van der Waals surface area (Å²) in [5.74, 6) is 4.63. The van der Waals surface area contributed by atoms with Gasteiger partial charge < -0.3 is 5.73 Å². The molecule has 0 atom stereocenters. The fourth-order valence-electron chi connectivity index (χ4n) is 1.23. The molecule has 2 aromatic rings. The van der Waals surface area contributed by atoms with Crippen molar-refractivity contribution in [3.63, 3.8) is 0 Å². The highest BCUT2D eigenvalue weighted by Gasteiger charge is 2.17. The van der Waals surface area contributed by atoms with Crippen LogP contribution in [0.4, 0.5) is 9.52 Å². The predicted octanol–water partition coefficient (Wildman–Crippen LogP) is 0.788. The molecule has 0 aromatic carbocycles. The SMILES string of the molecule is NCC#Cc1cnc(NS(=O)(=O)c2cncc(F)c2)s1. The molecule has 0 bridgehead atoms. The standard InChI is InChI=1S/C11H9FN4O2S2/c12-8-4-10(7-14-5-8)20(17,18)16-11-15-6-9(19-11)2-1-3-13/h4-7H,3,13H2,(H,15,16). The number of rotatable bonds is 3. The van der Waals surface area contributed by atoms with Gasteiger partial charge in [0.2, 0.25) is 0 Å². The average Bonchev–Trinajstić information content (AvgIpc) is 2.83. The Bertz CT molecular complexity index is 777. The Morgan fingerprint density at radius 1 is 1.40 bits per heavy atom. The van der Waals surface area contributed by atoms with E-state index in [0.717, 1.165) is 29.8 Å². The van der Waals surface area contributed by atoms with Gasteiger partial charge in [0, 0.05) is 6.20 Å². The molecule has 2 rings (SSSR count). The lowest BCUT2D eigenvalue weighted by molar-refractivity contribution is 0.592. The van der Waals surface area contributed by atoms with Crippen molar-refractivity contribution in [3.8, 4) is 11.8 Å². The van der Waals surface area contributed by atoms with Crippen molar-refractivity contribution in [3.05, 3.63) is 35.4 Å². The largest absolute Gasteiger partial charge is 0.320 e. The third kappa shape index (κ3) is 3.51. The maximum absolute atomic E-state index is 13.0. The summed E-state index contributed by atoms with van der Waals surface area (Å²) in [6.07, 6.45) is 3.39. The van der Waals surface area contributed by atoms with Gasteiger partial charge in [-0.2, -0.15) is 0 Å². The molecule has 20 heavy (non-hydrogen) atoms. The Morgan fingerprint density at radius 3 is 2.90 bits per heavy atom. The van der Waals surface area contributed by atoms with Crippen molar-refractivity contribution in [2.75, 3.05) is 11.3 Å². The molecule has 3 N–H and O–H groups in total. The third-order valence-corrected chi connectivity index (χ3v) is 4.29. The Labute approximate surface area is 118 Å². The van der Waals surface area contributed by atoms with Crippen molar-refractivity contribution < 1.29 is 12.8 Å². The van der Waals surface area contributed by atoms with Gasteiger partial charge >= 0.3 is 0 Å². The monoisotopic (exact) mass is 312 g/mol. The van der Waals surface area contributed by atoms with Crippen LogP contribution in [0.3, 0.4) is 0 Å². The normalized spacial score (nSPS) is 10.7. The molecule has 0 saturated carbocycles. The molecule has 6 nitrogen and oxygen atoms in total. The lowest BCUT2D eigenvalue weighted by atomic mass is 10.5. The molecule has 9 heteroatoms. The highest BCUT2D eigenvalue weighted by atomic mass is 32.2. The van der Waals surface area contributed by atoms with E-state index in [2.05, 4.69) is 26.5 Å². The average molecular weight is 312 g/mol. The van der Waals surface area contributed by atoms with Gasteiger partial charge in [-0.25, -0.2) is 17.8 Å². The number of pyridine rings is 1. The van der Waals surface area contributed by atoms with E-state index in [0.29, 0.717) is 4.88 Å². The minimum absolute atomic E-state index is 0.135. The van der Waals surface area contributed by atoms with Gasteiger partial charge in [0.1, 0.15) is 10.7 Å². The molecule has 0 amide bonds. The number of nitrogens with two attached hydrogens (primary N) is 1. The lowest BCUT2D eigenvalue weighted by Crippen LogP contribution is -2.13. The Morgan fingerprint density at radius 2 is 2.20 bits per heavy atom. The summed E-state index contributed by atoms with van der Waals surface area (Å²) in [5.41, 5.74) is 5.23. The molecule has 0 spiro atoms. The van der Waals surface area contributed by atoms with E-state index < -0.39 is 15.8 Å². The molecule has 0 fully saturated rings. The second-order valence-corrected chi connectivity index (χ2v) is 6.19. The second kappa shape index (κ2) is 5.96. The number of hydrogen-bond donors (Lipinski definition) is 2. The summed E-state index contributed by atoms with van der Waals surface area (Å²) in [6, 6.07) is 0.873. The minimum atomic E-state index is -3.92. The van der Waals surface area contributed by atoms with Gasteiger partial charge in [0.25, 0.3) is 10.0 Å². The summed E-state index contributed by atoms with van der Waals surface area (Å²) in [7, 11) is -3.92. The van der Waals surface area contributed by atoms with Crippen LogP contribution >= 0.6 is 11.3 Å². The molecule has 0 saturated heterocycles. The Kier molecular flexibility index (Phi) is 4.29. The highest BCUT2D eigenvalue weighted by molar-refractivity contribution is 7.93.